The second kappa shape index (κ2) is 6.14. The summed E-state index contributed by atoms with van der Waals surface area (Å²) in [6.45, 7) is 2.82. The van der Waals surface area contributed by atoms with E-state index < -0.39 is 0 Å². The largest absolute Gasteiger partial charge is 0.497 e. The van der Waals surface area contributed by atoms with Crippen molar-refractivity contribution < 1.29 is 9.13 Å². The monoisotopic (exact) mass is 327 g/mol. The number of ether oxygens (including phenoxy) is 1. The van der Waals surface area contributed by atoms with Crippen molar-refractivity contribution in [2.24, 2.45) is 0 Å². The molecule has 6 heteroatoms. The zero-order chi connectivity index (χ0) is 13.8. The van der Waals surface area contributed by atoms with E-state index in [0.29, 0.717) is 22.5 Å². The van der Waals surface area contributed by atoms with Crippen LogP contribution >= 0.6 is 15.9 Å². The van der Waals surface area contributed by atoms with Crippen LogP contribution in [0.4, 0.5) is 4.39 Å². The molecule has 0 radical (unpaired) electrons. The number of hydrogen-bond donors (Lipinski definition) is 0. The van der Waals surface area contributed by atoms with Crippen molar-refractivity contribution in [3.05, 3.63) is 29.8 Å². The minimum atomic E-state index is -0.356. The molecule has 0 aliphatic rings. The van der Waals surface area contributed by atoms with Crippen LogP contribution in [0.3, 0.4) is 0 Å². The lowest BCUT2D eigenvalue weighted by Gasteiger charge is -2.09. The highest BCUT2D eigenvalue weighted by Crippen LogP contribution is 2.26. The first-order valence-electron chi connectivity index (χ1n) is 6.03. The standard InChI is InChI=1S/C13H15BrFN3O/c1-3-6-18-12(8-14)16-17-13(18)10-5-4-9(19-2)7-11(10)15/h4-5,7H,3,6,8H2,1-2H3. The number of rotatable bonds is 5. The highest BCUT2D eigenvalue weighted by molar-refractivity contribution is 9.08. The molecule has 102 valence electrons. The van der Waals surface area contributed by atoms with Crippen LogP contribution in [0, 0.1) is 5.82 Å². The van der Waals surface area contributed by atoms with Gasteiger partial charge < -0.3 is 9.30 Å². The van der Waals surface area contributed by atoms with Crippen LogP contribution < -0.4 is 4.74 Å². The molecule has 0 saturated heterocycles. The average molecular weight is 328 g/mol. The van der Waals surface area contributed by atoms with Crippen molar-refractivity contribution in [3.63, 3.8) is 0 Å². The Hall–Kier alpha value is -1.43. The maximum Gasteiger partial charge on any atom is 0.166 e. The Morgan fingerprint density at radius 1 is 1.37 bits per heavy atom. The molecule has 0 N–H and O–H groups in total. The zero-order valence-corrected chi connectivity index (χ0v) is 12.4. The lowest BCUT2D eigenvalue weighted by Crippen LogP contribution is -2.04. The summed E-state index contributed by atoms with van der Waals surface area (Å²) in [6.07, 6.45) is 0.933. The smallest absolute Gasteiger partial charge is 0.166 e. The molecular weight excluding hydrogens is 313 g/mol. The molecule has 0 unspecified atom stereocenters. The SMILES string of the molecule is CCCn1c(CBr)nnc1-c1ccc(OC)cc1F. The molecule has 4 nitrogen and oxygen atoms in total. The molecule has 0 spiro atoms. The van der Waals surface area contributed by atoms with Gasteiger partial charge in [0.2, 0.25) is 0 Å². The predicted octanol–water partition coefficient (Wildman–Crippen LogP) is 3.40. The van der Waals surface area contributed by atoms with Crippen molar-refractivity contribution in [2.75, 3.05) is 7.11 Å². The zero-order valence-electron chi connectivity index (χ0n) is 10.9. The molecule has 19 heavy (non-hydrogen) atoms. The fraction of sp³-hybridized carbons (Fsp3) is 0.385. The van der Waals surface area contributed by atoms with E-state index in [4.69, 9.17) is 4.74 Å². The lowest BCUT2D eigenvalue weighted by atomic mass is 10.2. The van der Waals surface area contributed by atoms with Gasteiger partial charge in [-0.15, -0.1) is 10.2 Å². The van der Waals surface area contributed by atoms with Gasteiger partial charge in [0.15, 0.2) is 5.82 Å². The van der Waals surface area contributed by atoms with Crippen molar-refractivity contribution in [2.45, 2.75) is 25.2 Å². The highest BCUT2D eigenvalue weighted by Gasteiger charge is 2.16. The van der Waals surface area contributed by atoms with Crippen molar-refractivity contribution in [1.29, 1.82) is 0 Å². The van der Waals surface area contributed by atoms with E-state index in [1.807, 2.05) is 4.57 Å². The van der Waals surface area contributed by atoms with Crippen LogP contribution in [0.5, 0.6) is 5.75 Å². The Labute approximate surface area is 119 Å². The van der Waals surface area contributed by atoms with Crippen LogP contribution in [0.15, 0.2) is 18.2 Å². The van der Waals surface area contributed by atoms with E-state index in [9.17, 15) is 4.39 Å². The van der Waals surface area contributed by atoms with Gasteiger partial charge in [0.1, 0.15) is 17.4 Å². The van der Waals surface area contributed by atoms with Gasteiger partial charge in [-0.1, -0.05) is 22.9 Å². The molecule has 0 amide bonds. The third-order valence-corrected chi connectivity index (χ3v) is 3.31. The van der Waals surface area contributed by atoms with Gasteiger partial charge >= 0.3 is 0 Å². The van der Waals surface area contributed by atoms with Gasteiger partial charge in [0, 0.05) is 12.6 Å². The van der Waals surface area contributed by atoms with Crippen LogP contribution in [-0.4, -0.2) is 21.9 Å². The summed E-state index contributed by atoms with van der Waals surface area (Å²) in [5.74, 6) is 1.48. The Bertz CT molecular complexity index is 571. The van der Waals surface area contributed by atoms with Crippen LogP contribution in [0.1, 0.15) is 19.2 Å². The number of halogens is 2. The second-order valence-corrected chi connectivity index (χ2v) is 4.63. The summed E-state index contributed by atoms with van der Waals surface area (Å²) in [6, 6.07) is 4.74. The van der Waals surface area contributed by atoms with E-state index in [-0.39, 0.29) is 5.82 Å². The maximum atomic E-state index is 14.1. The Kier molecular flexibility index (Phi) is 4.52. The quantitative estimate of drug-likeness (QED) is 0.790. The van der Waals surface area contributed by atoms with E-state index in [1.165, 1.54) is 13.2 Å². The predicted molar refractivity (Wildman–Crippen MR) is 74.9 cm³/mol. The molecule has 0 aliphatic carbocycles. The van der Waals surface area contributed by atoms with E-state index in [1.54, 1.807) is 12.1 Å². The van der Waals surface area contributed by atoms with Crippen LogP contribution in [0.25, 0.3) is 11.4 Å². The fourth-order valence-electron chi connectivity index (χ4n) is 1.90. The first kappa shape index (κ1) is 14.0. The molecule has 2 aromatic rings. The van der Waals surface area contributed by atoms with Gasteiger partial charge in [0.05, 0.1) is 18.0 Å². The van der Waals surface area contributed by atoms with Crippen LogP contribution in [-0.2, 0) is 11.9 Å². The summed E-state index contributed by atoms with van der Waals surface area (Å²) >= 11 is 3.37. The molecule has 2 rings (SSSR count). The van der Waals surface area contributed by atoms with Gasteiger partial charge in [-0.25, -0.2) is 4.39 Å². The molecule has 1 heterocycles. The molecule has 0 atom stereocenters. The average Bonchev–Trinajstić information content (AvgIpc) is 2.82. The lowest BCUT2D eigenvalue weighted by molar-refractivity contribution is 0.411. The molecule has 1 aromatic heterocycles. The van der Waals surface area contributed by atoms with Gasteiger partial charge in [-0.3, -0.25) is 0 Å². The number of aromatic nitrogens is 3. The van der Waals surface area contributed by atoms with Crippen molar-refractivity contribution in [1.82, 2.24) is 14.8 Å². The van der Waals surface area contributed by atoms with Crippen molar-refractivity contribution in [3.8, 4) is 17.1 Å². The molecule has 1 aromatic carbocycles. The first-order chi connectivity index (χ1) is 9.21. The molecule has 0 aliphatic heterocycles. The summed E-state index contributed by atoms with van der Waals surface area (Å²) < 4.78 is 21.0. The molecule has 0 bridgehead atoms. The summed E-state index contributed by atoms with van der Waals surface area (Å²) in [4.78, 5) is 0. The number of nitrogens with zero attached hydrogens (tertiary/aromatic N) is 3. The first-order valence-corrected chi connectivity index (χ1v) is 7.15. The molecular formula is C13H15BrFN3O. The Morgan fingerprint density at radius 3 is 2.74 bits per heavy atom. The normalized spacial score (nSPS) is 10.7. The van der Waals surface area contributed by atoms with Gasteiger partial charge in [-0.05, 0) is 18.6 Å². The van der Waals surface area contributed by atoms with Crippen LogP contribution in [0.2, 0.25) is 0 Å². The third kappa shape index (κ3) is 2.78. The number of benzene rings is 1. The number of hydrogen-bond acceptors (Lipinski definition) is 3. The van der Waals surface area contributed by atoms with Gasteiger partial charge in [0.25, 0.3) is 0 Å². The minimum Gasteiger partial charge on any atom is -0.497 e. The number of methoxy groups -OCH3 is 1. The van der Waals surface area contributed by atoms with Gasteiger partial charge in [-0.2, -0.15) is 0 Å². The summed E-state index contributed by atoms with van der Waals surface area (Å²) in [5.41, 5.74) is 0.439. The molecule has 0 fully saturated rings. The van der Waals surface area contributed by atoms with Crippen molar-refractivity contribution >= 4 is 15.9 Å². The maximum absolute atomic E-state index is 14.1. The van der Waals surface area contributed by atoms with E-state index in [2.05, 4.69) is 33.1 Å². The topological polar surface area (TPSA) is 39.9 Å². The minimum absolute atomic E-state index is 0.356. The fourth-order valence-corrected chi connectivity index (χ4v) is 2.31. The van der Waals surface area contributed by atoms with E-state index >= 15 is 0 Å². The third-order valence-electron chi connectivity index (χ3n) is 2.81. The Balaban J connectivity index is 2.49. The summed E-state index contributed by atoms with van der Waals surface area (Å²) in [5, 5.41) is 8.77. The Morgan fingerprint density at radius 2 is 2.16 bits per heavy atom. The summed E-state index contributed by atoms with van der Waals surface area (Å²) in [7, 11) is 1.51. The van der Waals surface area contributed by atoms with E-state index in [0.717, 1.165) is 18.8 Å². The highest BCUT2D eigenvalue weighted by atomic mass is 79.9. The second-order valence-electron chi connectivity index (χ2n) is 4.07. The molecule has 0 saturated carbocycles. The number of alkyl halides is 1.